The second-order valence-electron chi connectivity index (χ2n) is 10.7. The van der Waals surface area contributed by atoms with Gasteiger partial charge in [0, 0.05) is 42.2 Å². The number of fused-ring (bicyclic) bond motifs is 1. The summed E-state index contributed by atoms with van der Waals surface area (Å²) in [6.45, 7) is 7.29. The number of morpholine rings is 1. The van der Waals surface area contributed by atoms with Crippen LogP contribution in [0.25, 0.3) is 22.4 Å². The molecule has 10 nitrogen and oxygen atoms in total. The van der Waals surface area contributed by atoms with Gasteiger partial charge in [-0.2, -0.15) is 0 Å². The predicted molar refractivity (Wildman–Crippen MR) is 148 cm³/mol. The molecule has 1 saturated carbocycles. The van der Waals surface area contributed by atoms with Crippen molar-refractivity contribution in [3.8, 4) is 11.4 Å². The van der Waals surface area contributed by atoms with E-state index in [0.717, 1.165) is 68.8 Å². The number of aromatic nitrogens is 4. The first-order valence-electron chi connectivity index (χ1n) is 13.6. The Balaban J connectivity index is 1.12. The average molecular weight is 551 g/mol. The maximum absolute atomic E-state index is 13.2. The van der Waals surface area contributed by atoms with E-state index in [1.807, 2.05) is 26.0 Å². The molecule has 2 aromatic carbocycles. The van der Waals surface area contributed by atoms with Crippen LogP contribution in [-0.4, -0.2) is 60.9 Å². The monoisotopic (exact) mass is 550 g/mol. The first kappa shape index (κ1) is 26.0. The minimum Gasteiger partial charge on any atom is -0.425 e. The van der Waals surface area contributed by atoms with Gasteiger partial charge in [0.1, 0.15) is 5.82 Å². The molecule has 0 atom stereocenters. The third kappa shape index (κ3) is 5.57. The standard InChI is InChI=1S/C28H34N6O4S/c1-18(2)27-31-32-28(38-27)20-3-7-21(8-4-20)33-39(35,36)23-11-12-24-25(17-23)30-26(29-24)19-5-9-22(10-6-19)34-13-15-37-16-14-34/h5-6,9-12,17-18,20-21,33H,3-4,7-8,13-16H2,1-2H3,(H,29,30)/t20-,21-. The fourth-order valence-corrected chi connectivity index (χ4v) is 6.66. The Bertz CT molecular complexity index is 1530. The molecule has 2 aliphatic rings. The van der Waals surface area contributed by atoms with Crippen LogP contribution in [0, 0.1) is 0 Å². The topological polar surface area (TPSA) is 126 Å². The van der Waals surface area contributed by atoms with Gasteiger partial charge in [-0.15, -0.1) is 10.2 Å². The van der Waals surface area contributed by atoms with Gasteiger partial charge in [-0.05, 0) is 68.1 Å². The number of hydrogen-bond donors (Lipinski definition) is 2. The number of hydrogen-bond acceptors (Lipinski definition) is 8. The molecule has 1 saturated heterocycles. The average Bonchev–Trinajstić information content (AvgIpc) is 3.62. The number of nitrogens with one attached hydrogen (secondary N) is 2. The van der Waals surface area contributed by atoms with Crippen LogP contribution in [0.5, 0.6) is 0 Å². The SMILES string of the molecule is CC(C)c1nnc([C@H]2CC[C@H](NS(=O)(=O)c3ccc4[nH]c(-c5ccc(N6CCOCC6)cc5)nc4c3)CC2)o1. The van der Waals surface area contributed by atoms with Crippen LogP contribution in [0.4, 0.5) is 5.69 Å². The van der Waals surface area contributed by atoms with Crippen molar-refractivity contribution < 1.29 is 17.6 Å². The van der Waals surface area contributed by atoms with Crippen LogP contribution in [0.1, 0.15) is 63.1 Å². The second-order valence-corrected chi connectivity index (χ2v) is 12.4. The van der Waals surface area contributed by atoms with E-state index in [0.29, 0.717) is 23.1 Å². The van der Waals surface area contributed by atoms with Crippen molar-refractivity contribution in [3.63, 3.8) is 0 Å². The molecular formula is C28H34N6O4S. The number of nitrogens with zero attached hydrogens (tertiary/aromatic N) is 4. The summed E-state index contributed by atoms with van der Waals surface area (Å²) in [5.74, 6) is 2.39. The molecule has 39 heavy (non-hydrogen) atoms. The number of H-pyrrole nitrogens is 1. The van der Waals surface area contributed by atoms with Gasteiger partial charge < -0.3 is 19.0 Å². The lowest BCUT2D eigenvalue weighted by Gasteiger charge is -2.28. The normalized spacial score (nSPS) is 20.6. The lowest BCUT2D eigenvalue weighted by Crippen LogP contribution is -2.37. The summed E-state index contributed by atoms with van der Waals surface area (Å²) in [4.78, 5) is 10.5. The summed E-state index contributed by atoms with van der Waals surface area (Å²) >= 11 is 0. The summed E-state index contributed by atoms with van der Waals surface area (Å²) in [7, 11) is -3.69. The molecule has 0 bridgehead atoms. The van der Waals surface area contributed by atoms with E-state index in [-0.39, 0.29) is 22.8 Å². The number of ether oxygens (including phenoxy) is 1. The van der Waals surface area contributed by atoms with Crippen LogP contribution in [0.3, 0.4) is 0 Å². The summed E-state index contributed by atoms with van der Waals surface area (Å²) in [5.41, 5.74) is 3.52. The number of sulfonamides is 1. The second kappa shape index (κ2) is 10.7. The van der Waals surface area contributed by atoms with E-state index >= 15 is 0 Å². The smallest absolute Gasteiger partial charge is 0.240 e. The molecule has 2 fully saturated rings. The Hall–Kier alpha value is -3.28. The van der Waals surface area contributed by atoms with Crippen molar-refractivity contribution >= 4 is 26.7 Å². The molecule has 1 aliphatic carbocycles. The van der Waals surface area contributed by atoms with Gasteiger partial charge in [0.25, 0.3) is 0 Å². The van der Waals surface area contributed by atoms with Gasteiger partial charge in [0.05, 0.1) is 29.1 Å². The molecule has 1 aliphatic heterocycles. The maximum Gasteiger partial charge on any atom is 0.240 e. The highest BCUT2D eigenvalue weighted by molar-refractivity contribution is 7.89. The Morgan fingerprint density at radius 3 is 2.44 bits per heavy atom. The van der Waals surface area contributed by atoms with E-state index in [4.69, 9.17) is 14.1 Å². The molecule has 6 rings (SSSR count). The van der Waals surface area contributed by atoms with Gasteiger partial charge in [-0.25, -0.2) is 18.1 Å². The fourth-order valence-electron chi connectivity index (χ4n) is 5.33. The number of aromatic amines is 1. The van der Waals surface area contributed by atoms with E-state index in [9.17, 15) is 8.42 Å². The van der Waals surface area contributed by atoms with E-state index in [2.05, 4.69) is 36.9 Å². The zero-order valence-corrected chi connectivity index (χ0v) is 23.1. The largest absolute Gasteiger partial charge is 0.425 e. The summed E-state index contributed by atoms with van der Waals surface area (Å²) in [6.07, 6.45) is 3.05. The maximum atomic E-state index is 13.2. The highest BCUT2D eigenvalue weighted by Crippen LogP contribution is 2.33. The Morgan fingerprint density at radius 1 is 1.00 bits per heavy atom. The van der Waals surface area contributed by atoms with Crippen molar-refractivity contribution in [2.45, 2.75) is 62.3 Å². The van der Waals surface area contributed by atoms with E-state index in [1.54, 1.807) is 18.2 Å². The first-order chi connectivity index (χ1) is 18.9. The van der Waals surface area contributed by atoms with E-state index < -0.39 is 10.0 Å². The minimum atomic E-state index is -3.69. The van der Waals surface area contributed by atoms with Crippen LogP contribution < -0.4 is 9.62 Å². The first-order valence-corrected chi connectivity index (χ1v) is 15.1. The zero-order chi connectivity index (χ0) is 27.0. The summed E-state index contributed by atoms with van der Waals surface area (Å²) in [6, 6.07) is 13.2. The molecule has 0 unspecified atom stereocenters. The van der Waals surface area contributed by atoms with Gasteiger partial charge in [0.2, 0.25) is 21.8 Å². The summed E-state index contributed by atoms with van der Waals surface area (Å²) in [5, 5.41) is 8.35. The molecule has 0 spiro atoms. The van der Waals surface area contributed by atoms with Gasteiger partial charge in [0.15, 0.2) is 0 Å². The number of anilines is 1. The highest BCUT2D eigenvalue weighted by atomic mass is 32.2. The third-order valence-corrected chi connectivity index (χ3v) is 9.15. The Labute approximate surface area is 228 Å². The molecular weight excluding hydrogens is 516 g/mol. The molecule has 2 aromatic heterocycles. The molecule has 4 aromatic rings. The quantitative estimate of drug-likeness (QED) is 0.343. The molecule has 3 heterocycles. The fraction of sp³-hybridized carbons (Fsp3) is 0.464. The van der Waals surface area contributed by atoms with Crippen LogP contribution >= 0.6 is 0 Å². The Morgan fingerprint density at radius 2 is 1.74 bits per heavy atom. The zero-order valence-electron chi connectivity index (χ0n) is 22.3. The van der Waals surface area contributed by atoms with Crippen molar-refractivity contribution in [1.29, 1.82) is 0 Å². The molecule has 206 valence electrons. The highest BCUT2D eigenvalue weighted by Gasteiger charge is 2.29. The third-order valence-electron chi connectivity index (χ3n) is 7.63. The number of rotatable bonds is 7. The van der Waals surface area contributed by atoms with Crippen molar-refractivity contribution in [1.82, 2.24) is 24.9 Å². The minimum absolute atomic E-state index is 0.130. The lowest BCUT2D eigenvalue weighted by molar-refractivity contribution is 0.122. The molecule has 0 radical (unpaired) electrons. The van der Waals surface area contributed by atoms with Gasteiger partial charge in [-0.1, -0.05) is 13.8 Å². The van der Waals surface area contributed by atoms with Crippen molar-refractivity contribution in [3.05, 3.63) is 54.2 Å². The van der Waals surface area contributed by atoms with Crippen LogP contribution in [-0.2, 0) is 14.8 Å². The van der Waals surface area contributed by atoms with Crippen molar-refractivity contribution in [2.75, 3.05) is 31.2 Å². The molecule has 2 N–H and O–H groups in total. The van der Waals surface area contributed by atoms with E-state index in [1.165, 1.54) is 0 Å². The van der Waals surface area contributed by atoms with Crippen molar-refractivity contribution in [2.24, 2.45) is 0 Å². The van der Waals surface area contributed by atoms with Gasteiger partial charge in [-0.3, -0.25) is 0 Å². The number of benzene rings is 2. The molecule has 0 amide bonds. The number of imidazole rings is 1. The van der Waals surface area contributed by atoms with Gasteiger partial charge >= 0.3 is 0 Å². The van der Waals surface area contributed by atoms with Crippen LogP contribution in [0.2, 0.25) is 0 Å². The lowest BCUT2D eigenvalue weighted by atomic mass is 9.86. The molecule has 11 heteroatoms. The summed E-state index contributed by atoms with van der Waals surface area (Å²) < 4.78 is 40.6. The van der Waals surface area contributed by atoms with Crippen LogP contribution in [0.15, 0.2) is 51.8 Å². The Kier molecular flexibility index (Phi) is 7.13. The predicted octanol–water partition coefficient (Wildman–Crippen LogP) is 4.58.